The molecule has 1 fully saturated rings. The molecule has 0 saturated carbocycles. The fraction of sp³-hybridized carbons (Fsp3) is 0.571. The van der Waals surface area contributed by atoms with Gasteiger partial charge in [-0.3, -0.25) is 9.59 Å². The fourth-order valence-corrected chi connectivity index (χ4v) is 1.96. The Bertz CT molecular complexity index is 641. The van der Waals surface area contributed by atoms with E-state index in [0.29, 0.717) is 0 Å². The van der Waals surface area contributed by atoms with Gasteiger partial charge >= 0.3 is 23.9 Å². The number of nitrogens with one attached hydrogen (secondary N) is 2. The molecule has 0 spiro atoms. The van der Waals surface area contributed by atoms with Crippen molar-refractivity contribution in [3.8, 4) is 0 Å². The van der Waals surface area contributed by atoms with Gasteiger partial charge in [0.25, 0.3) is 0 Å². The van der Waals surface area contributed by atoms with Crippen LogP contribution in [0, 0.1) is 0 Å². The largest absolute Gasteiger partial charge is 0.374 e. The Morgan fingerprint density at radius 3 is 2.07 bits per heavy atom. The Kier molecular flexibility index (Phi) is 9.73. The van der Waals surface area contributed by atoms with Gasteiger partial charge in [0.15, 0.2) is 0 Å². The lowest BCUT2D eigenvalue weighted by atomic mass is 10.1. The lowest BCUT2D eigenvalue weighted by Gasteiger charge is -2.16. The predicted octanol–water partition coefficient (Wildman–Crippen LogP) is -2.58. The highest BCUT2D eigenvalue weighted by Gasteiger charge is 2.24. The molecule has 156 valence electrons. The van der Waals surface area contributed by atoms with Crippen molar-refractivity contribution in [1.82, 2.24) is 10.6 Å². The standard InChI is InChI=1S/C14H19N3O10S/c15-7-1-2-9(18)17-8(6-28)13(22)16-5-12(21)26-24-10(19)3-4-11(20)25-27-14(7)23/h7-8,28H,1-6,15H2,(H,16,22)(H,17,18). The summed E-state index contributed by atoms with van der Waals surface area (Å²) in [5.41, 5.74) is 5.52. The van der Waals surface area contributed by atoms with Gasteiger partial charge in [-0.2, -0.15) is 12.6 Å². The van der Waals surface area contributed by atoms with Gasteiger partial charge in [0.2, 0.25) is 11.8 Å². The molecule has 4 N–H and O–H groups in total. The van der Waals surface area contributed by atoms with Gasteiger partial charge in [0, 0.05) is 12.2 Å². The van der Waals surface area contributed by atoms with Crippen molar-refractivity contribution in [2.24, 2.45) is 5.73 Å². The van der Waals surface area contributed by atoms with E-state index in [0.717, 1.165) is 0 Å². The van der Waals surface area contributed by atoms with Crippen LogP contribution in [0.1, 0.15) is 25.7 Å². The summed E-state index contributed by atoms with van der Waals surface area (Å²) in [6.45, 7) is -0.651. The van der Waals surface area contributed by atoms with Crippen LogP contribution in [0.3, 0.4) is 0 Å². The SMILES string of the molecule is NC1CCC(=O)NC(CS)C(=O)NCC(=O)OOC(=O)CCC(=O)OOC1=O. The molecule has 2 amide bonds. The van der Waals surface area contributed by atoms with Gasteiger partial charge in [-0.25, -0.2) is 38.7 Å². The molecule has 2 unspecified atom stereocenters. The maximum atomic E-state index is 11.9. The van der Waals surface area contributed by atoms with E-state index in [1.807, 2.05) is 0 Å². The van der Waals surface area contributed by atoms with Crippen LogP contribution in [0.25, 0.3) is 0 Å². The summed E-state index contributed by atoms with van der Waals surface area (Å²) in [4.78, 5) is 86.3. The van der Waals surface area contributed by atoms with Crippen LogP contribution in [0.2, 0.25) is 0 Å². The Labute approximate surface area is 163 Å². The second kappa shape index (κ2) is 11.8. The molecule has 0 aromatic rings. The third-order valence-electron chi connectivity index (χ3n) is 3.20. The van der Waals surface area contributed by atoms with E-state index < -0.39 is 67.2 Å². The van der Waals surface area contributed by atoms with E-state index in [1.165, 1.54) is 0 Å². The number of nitrogens with two attached hydrogens (primary N) is 1. The molecule has 0 radical (unpaired) electrons. The summed E-state index contributed by atoms with van der Waals surface area (Å²) < 4.78 is 0. The average Bonchev–Trinajstić information content (AvgIpc) is 2.68. The molecule has 1 rings (SSSR count). The van der Waals surface area contributed by atoms with Gasteiger partial charge in [-0.05, 0) is 6.42 Å². The van der Waals surface area contributed by atoms with E-state index in [2.05, 4.69) is 42.8 Å². The molecule has 1 aliphatic heterocycles. The van der Waals surface area contributed by atoms with Crippen molar-refractivity contribution in [3.05, 3.63) is 0 Å². The smallest absolute Gasteiger partial charge is 0.344 e. The van der Waals surface area contributed by atoms with Gasteiger partial charge < -0.3 is 16.4 Å². The molecule has 1 aliphatic rings. The number of thiol groups is 1. The molecular weight excluding hydrogens is 402 g/mol. The number of carbonyl (C=O) groups excluding carboxylic acids is 6. The molecule has 0 aliphatic carbocycles. The highest BCUT2D eigenvalue weighted by atomic mass is 32.1. The summed E-state index contributed by atoms with van der Waals surface area (Å²) in [6, 6.07) is -2.36. The summed E-state index contributed by atoms with van der Waals surface area (Å²) in [7, 11) is 0. The number of amides is 2. The second-order valence-corrected chi connectivity index (χ2v) is 5.80. The van der Waals surface area contributed by atoms with Gasteiger partial charge in [0.1, 0.15) is 18.6 Å². The van der Waals surface area contributed by atoms with Crippen molar-refractivity contribution < 1.29 is 48.3 Å². The van der Waals surface area contributed by atoms with Crippen molar-refractivity contribution >= 4 is 48.3 Å². The van der Waals surface area contributed by atoms with E-state index in [1.54, 1.807) is 0 Å². The van der Waals surface area contributed by atoms with E-state index >= 15 is 0 Å². The zero-order valence-electron chi connectivity index (χ0n) is 14.5. The third kappa shape index (κ3) is 8.68. The van der Waals surface area contributed by atoms with Crippen molar-refractivity contribution in [2.45, 2.75) is 37.8 Å². The number of rotatable bonds is 1. The maximum Gasteiger partial charge on any atom is 0.374 e. The van der Waals surface area contributed by atoms with E-state index in [-0.39, 0.29) is 18.6 Å². The Hall–Kier alpha value is -2.87. The van der Waals surface area contributed by atoms with Crippen LogP contribution in [0.15, 0.2) is 0 Å². The van der Waals surface area contributed by atoms with E-state index in [4.69, 9.17) is 5.73 Å². The van der Waals surface area contributed by atoms with Crippen molar-refractivity contribution in [1.29, 1.82) is 0 Å². The van der Waals surface area contributed by atoms with Gasteiger partial charge in [0.05, 0.1) is 12.8 Å². The maximum absolute atomic E-state index is 11.9. The van der Waals surface area contributed by atoms with E-state index in [9.17, 15) is 28.8 Å². The summed E-state index contributed by atoms with van der Waals surface area (Å²) in [5, 5.41) is 4.50. The molecule has 0 aromatic heterocycles. The van der Waals surface area contributed by atoms with Gasteiger partial charge in [-0.15, -0.1) is 0 Å². The van der Waals surface area contributed by atoms with Crippen molar-refractivity contribution in [2.75, 3.05) is 12.3 Å². The van der Waals surface area contributed by atoms with Crippen LogP contribution in [0.4, 0.5) is 0 Å². The summed E-state index contributed by atoms with van der Waals surface area (Å²) in [6.07, 6.45) is -1.49. The zero-order chi connectivity index (χ0) is 21.1. The molecule has 14 heteroatoms. The topological polar surface area (TPSA) is 189 Å². The third-order valence-corrected chi connectivity index (χ3v) is 3.57. The lowest BCUT2D eigenvalue weighted by Crippen LogP contribution is -2.49. The minimum absolute atomic E-state index is 0.0916. The van der Waals surface area contributed by atoms with Crippen LogP contribution in [-0.4, -0.2) is 60.1 Å². The minimum atomic E-state index is -1.28. The second-order valence-electron chi connectivity index (χ2n) is 5.43. The molecule has 28 heavy (non-hydrogen) atoms. The zero-order valence-corrected chi connectivity index (χ0v) is 15.4. The quantitative estimate of drug-likeness (QED) is 0.257. The molecule has 13 nitrogen and oxygen atoms in total. The minimum Gasteiger partial charge on any atom is -0.344 e. The number of carbonyl (C=O) groups is 6. The Morgan fingerprint density at radius 1 is 0.893 bits per heavy atom. The monoisotopic (exact) mass is 421 g/mol. The van der Waals surface area contributed by atoms with Crippen LogP contribution in [-0.2, 0) is 48.3 Å². The first-order valence-electron chi connectivity index (χ1n) is 7.97. The highest BCUT2D eigenvalue weighted by Crippen LogP contribution is 2.02. The van der Waals surface area contributed by atoms with Crippen LogP contribution < -0.4 is 16.4 Å². The van der Waals surface area contributed by atoms with Crippen LogP contribution >= 0.6 is 12.6 Å². The lowest BCUT2D eigenvalue weighted by molar-refractivity contribution is -0.263. The summed E-state index contributed by atoms with van der Waals surface area (Å²) >= 11 is 3.93. The molecule has 0 aromatic carbocycles. The van der Waals surface area contributed by atoms with Crippen molar-refractivity contribution in [3.63, 3.8) is 0 Å². The molecular formula is C14H19N3O10S. The molecule has 2 atom stereocenters. The first-order valence-corrected chi connectivity index (χ1v) is 8.61. The molecule has 0 bridgehead atoms. The predicted molar refractivity (Wildman–Crippen MR) is 89.6 cm³/mol. The first kappa shape index (κ1) is 23.2. The fourth-order valence-electron chi connectivity index (χ4n) is 1.71. The molecule has 1 saturated heterocycles. The Morgan fingerprint density at radius 2 is 1.46 bits per heavy atom. The Balaban J connectivity index is 2.76. The number of hydrogen-bond donors (Lipinski definition) is 4. The first-order chi connectivity index (χ1) is 13.2. The summed E-state index contributed by atoms with van der Waals surface area (Å²) in [5.74, 6) is -5.84. The normalized spacial score (nSPS) is 24.2. The highest BCUT2D eigenvalue weighted by molar-refractivity contribution is 7.80. The average molecular weight is 421 g/mol. The van der Waals surface area contributed by atoms with Gasteiger partial charge in [-0.1, -0.05) is 0 Å². The van der Waals surface area contributed by atoms with Crippen LogP contribution in [0.5, 0.6) is 0 Å². The molecule has 1 heterocycles. The number of hydrogen-bond acceptors (Lipinski definition) is 12.